The van der Waals surface area contributed by atoms with Crippen LogP contribution in [0.3, 0.4) is 0 Å². The Hall–Kier alpha value is -1.71. The number of rotatable bonds is 6. The summed E-state index contributed by atoms with van der Waals surface area (Å²) in [5.74, 6) is 0.893. The van der Waals surface area contributed by atoms with Crippen LogP contribution in [0.2, 0.25) is 0 Å². The van der Waals surface area contributed by atoms with Crippen molar-refractivity contribution in [2.24, 2.45) is 0 Å². The third-order valence-electron chi connectivity index (χ3n) is 2.47. The van der Waals surface area contributed by atoms with Crippen LogP contribution < -0.4 is 14.8 Å². The Labute approximate surface area is 102 Å². The van der Waals surface area contributed by atoms with Crippen LogP contribution in [0.15, 0.2) is 18.2 Å². The van der Waals surface area contributed by atoms with Crippen molar-refractivity contribution >= 4 is 5.91 Å². The Morgan fingerprint density at radius 2 is 1.82 bits per heavy atom. The van der Waals surface area contributed by atoms with Gasteiger partial charge in [0.05, 0.1) is 14.2 Å². The summed E-state index contributed by atoms with van der Waals surface area (Å²) in [7, 11) is 3.08. The lowest BCUT2D eigenvalue weighted by atomic mass is 10.1. The molecule has 0 heterocycles. The van der Waals surface area contributed by atoms with E-state index < -0.39 is 0 Å². The number of benzene rings is 1. The van der Waals surface area contributed by atoms with Gasteiger partial charge in [-0.15, -0.1) is 0 Å². The summed E-state index contributed by atoms with van der Waals surface area (Å²) in [6.07, 6.45) is 2.01. The third-order valence-corrected chi connectivity index (χ3v) is 2.47. The molecule has 94 valence electrons. The van der Waals surface area contributed by atoms with Gasteiger partial charge in [-0.2, -0.15) is 0 Å². The standard InChI is InChI=1S/C13H19NO3/c1-4-5-9-14-13(15)12-10(16-2)7-6-8-11(12)17-3/h6-8H,4-5,9H2,1-3H3,(H,14,15). The van der Waals surface area contributed by atoms with Gasteiger partial charge in [0.15, 0.2) is 0 Å². The van der Waals surface area contributed by atoms with Crippen molar-refractivity contribution in [1.29, 1.82) is 0 Å². The van der Waals surface area contributed by atoms with E-state index in [1.807, 2.05) is 0 Å². The number of hydrogen-bond acceptors (Lipinski definition) is 3. The molecule has 0 fully saturated rings. The molecule has 0 saturated heterocycles. The van der Waals surface area contributed by atoms with Crippen molar-refractivity contribution in [2.75, 3.05) is 20.8 Å². The summed E-state index contributed by atoms with van der Waals surface area (Å²) < 4.78 is 10.3. The second-order valence-electron chi connectivity index (χ2n) is 3.65. The van der Waals surface area contributed by atoms with Crippen molar-refractivity contribution in [3.05, 3.63) is 23.8 Å². The Balaban J connectivity index is 2.89. The van der Waals surface area contributed by atoms with Crippen molar-refractivity contribution < 1.29 is 14.3 Å². The fourth-order valence-corrected chi connectivity index (χ4v) is 1.54. The molecule has 4 heteroatoms. The average Bonchev–Trinajstić information content (AvgIpc) is 2.37. The van der Waals surface area contributed by atoms with Crippen LogP contribution in [-0.4, -0.2) is 26.7 Å². The van der Waals surface area contributed by atoms with Crippen LogP contribution in [0.5, 0.6) is 11.5 Å². The minimum absolute atomic E-state index is 0.159. The van der Waals surface area contributed by atoms with Crippen LogP contribution in [0, 0.1) is 0 Å². The molecule has 0 radical (unpaired) electrons. The molecule has 0 aromatic heterocycles. The Bertz CT molecular complexity index is 355. The summed E-state index contributed by atoms with van der Waals surface area (Å²) in [5, 5.41) is 2.85. The fraction of sp³-hybridized carbons (Fsp3) is 0.462. The van der Waals surface area contributed by atoms with E-state index >= 15 is 0 Å². The number of unbranched alkanes of at least 4 members (excludes halogenated alkanes) is 1. The maximum Gasteiger partial charge on any atom is 0.258 e. The second kappa shape index (κ2) is 6.78. The smallest absolute Gasteiger partial charge is 0.258 e. The highest BCUT2D eigenvalue weighted by Gasteiger charge is 2.17. The van der Waals surface area contributed by atoms with Crippen LogP contribution >= 0.6 is 0 Å². The third kappa shape index (κ3) is 3.37. The molecule has 1 amide bonds. The largest absolute Gasteiger partial charge is 0.496 e. The molecule has 1 rings (SSSR count). The monoisotopic (exact) mass is 237 g/mol. The maximum atomic E-state index is 12.0. The Morgan fingerprint density at radius 3 is 2.29 bits per heavy atom. The number of nitrogens with one attached hydrogen (secondary N) is 1. The summed E-state index contributed by atoms with van der Waals surface area (Å²) in [6, 6.07) is 5.29. The summed E-state index contributed by atoms with van der Waals surface area (Å²) >= 11 is 0. The lowest BCUT2D eigenvalue weighted by Gasteiger charge is -2.12. The minimum atomic E-state index is -0.159. The highest BCUT2D eigenvalue weighted by atomic mass is 16.5. The Morgan fingerprint density at radius 1 is 1.24 bits per heavy atom. The second-order valence-corrected chi connectivity index (χ2v) is 3.65. The first-order valence-corrected chi connectivity index (χ1v) is 5.73. The fourth-order valence-electron chi connectivity index (χ4n) is 1.54. The van der Waals surface area contributed by atoms with Crippen molar-refractivity contribution in [1.82, 2.24) is 5.32 Å². The van der Waals surface area contributed by atoms with E-state index in [-0.39, 0.29) is 5.91 Å². The van der Waals surface area contributed by atoms with Gasteiger partial charge >= 0.3 is 0 Å². The van der Waals surface area contributed by atoms with E-state index in [1.165, 1.54) is 14.2 Å². The molecule has 0 aliphatic rings. The van der Waals surface area contributed by atoms with Gasteiger partial charge in [0, 0.05) is 6.54 Å². The highest BCUT2D eigenvalue weighted by Crippen LogP contribution is 2.27. The maximum absolute atomic E-state index is 12.0. The van der Waals surface area contributed by atoms with E-state index in [4.69, 9.17) is 9.47 Å². The van der Waals surface area contributed by atoms with Crippen molar-refractivity contribution in [3.8, 4) is 11.5 Å². The molecule has 0 bridgehead atoms. The first-order valence-electron chi connectivity index (χ1n) is 5.73. The number of amides is 1. The molecule has 17 heavy (non-hydrogen) atoms. The molecule has 1 N–H and O–H groups in total. The normalized spacial score (nSPS) is 9.82. The molecule has 0 unspecified atom stereocenters. The number of ether oxygens (including phenoxy) is 2. The zero-order valence-electron chi connectivity index (χ0n) is 10.6. The molecular weight excluding hydrogens is 218 g/mol. The zero-order valence-corrected chi connectivity index (χ0v) is 10.6. The highest BCUT2D eigenvalue weighted by molar-refractivity contribution is 5.99. The quantitative estimate of drug-likeness (QED) is 0.772. The Kier molecular flexibility index (Phi) is 5.33. The van der Waals surface area contributed by atoms with Gasteiger partial charge in [-0.25, -0.2) is 0 Å². The summed E-state index contributed by atoms with van der Waals surface area (Å²) in [6.45, 7) is 2.74. The first kappa shape index (κ1) is 13.4. The van der Waals surface area contributed by atoms with Crippen molar-refractivity contribution in [2.45, 2.75) is 19.8 Å². The van der Waals surface area contributed by atoms with Gasteiger partial charge in [0.2, 0.25) is 0 Å². The molecule has 0 aliphatic heterocycles. The van der Waals surface area contributed by atoms with Gasteiger partial charge in [-0.1, -0.05) is 19.4 Å². The first-order chi connectivity index (χ1) is 8.24. The number of carbonyl (C=O) groups excluding carboxylic acids is 1. The molecular formula is C13H19NO3. The van der Waals surface area contributed by atoms with E-state index in [0.29, 0.717) is 23.6 Å². The topological polar surface area (TPSA) is 47.6 Å². The van der Waals surface area contributed by atoms with Crippen LogP contribution in [0.1, 0.15) is 30.1 Å². The molecule has 0 aliphatic carbocycles. The average molecular weight is 237 g/mol. The van der Waals surface area contributed by atoms with Crippen LogP contribution in [0.25, 0.3) is 0 Å². The molecule has 0 saturated carbocycles. The van der Waals surface area contributed by atoms with E-state index in [0.717, 1.165) is 12.8 Å². The zero-order chi connectivity index (χ0) is 12.7. The predicted octanol–water partition coefficient (Wildman–Crippen LogP) is 2.23. The predicted molar refractivity (Wildman–Crippen MR) is 66.8 cm³/mol. The van der Waals surface area contributed by atoms with Gasteiger partial charge in [0.1, 0.15) is 17.1 Å². The van der Waals surface area contributed by atoms with Crippen LogP contribution in [-0.2, 0) is 0 Å². The van der Waals surface area contributed by atoms with Crippen molar-refractivity contribution in [3.63, 3.8) is 0 Å². The molecule has 0 spiro atoms. The molecule has 1 aromatic rings. The SMILES string of the molecule is CCCCNC(=O)c1c(OC)cccc1OC. The van der Waals surface area contributed by atoms with Gasteiger partial charge in [-0.05, 0) is 18.6 Å². The number of carbonyl (C=O) groups is 1. The number of hydrogen-bond donors (Lipinski definition) is 1. The summed E-state index contributed by atoms with van der Waals surface area (Å²) in [5.41, 5.74) is 0.452. The van der Waals surface area contributed by atoms with Gasteiger partial charge in [-0.3, -0.25) is 4.79 Å². The van der Waals surface area contributed by atoms with E-state index in [9.17, 15) is 4.79 Å². The van der Waals surface area contributed by atoms with E-state index in [1.54, 1.807) is 18.2 Å². The molecule has 4 nitrogen and oxygen atoms in total. The summed E-state index contributed by atoms with van der Waals surface area (Å²) in [4.78, 5) is 12.0. The van der Waals surface area contributed by atoms with E-state index in [2.05, 4.69) is 12.2 Å². The van der Waals surface area contributed by atoms with Gasteiger partial charge in [0.25, 0.3) is 5.91 Å². The lowest BCUT2D eigenvalue weighted by Crippen LogP contribution is -2.25. The lowest BCUT2D eigenvalue weighted by molar-refractivity contribution is 0.0947. The minimum Gasteiger partial charge on any atom is -0.496 e. The van der Waals surface area contributed by atoms with Crippen LogP contribution in [0.4, 0.5) is 0 Å². The number of methoxy groups -OCH3 is 2. The molecule has 0 atom stereocenters. The van der Waals surface area contributed by atoms with Gasteiger partial charge < -0.3 is 14.8 Å². The molecule has 1 aromatic carbocycles.